The number of rotatable bonds is 5. The zero-order valence-corrected chi connectivity index (χ0v) is 18.2. The second kappa shape index (κ2) is 8.58. The van der Waals surface area contributed by atoms with Crippen molar-refractivity contribution in [2.75, 3.05) is 11.1 Å². The number of aromatic nitrogens is 4. The number of halogens is 2. The highest BCUT2D eigenvalue weighted by atomic mass is 35.5. The Morgan fingerprint density at radius 1 is 1.09 bits per heavy atom. The Bertz CT molecular complexity index is 1490. The molecule has 0 radical (unpaired) electrons. The van der Waals surface area contributed by atoms with E-state index >= 15 is 0 Å². The van der Waals surface area contributed by atoms with Gasteiger partial charge < -0.3 is 11.1 Å². The Morgan fingerprint density at radius 3 is 2.55 bits per heavy atom. The topological polar surface area (TPSA) is 159 Å². The highest BCUT2D eigenvalue weighted by molar-refractivity contribution is 7.89. The molecule has 10 nitrogen and oxygen atoms in total. The Hall–Kier alpha value is -3.87. The average molecular weight is 488 g/mol. The van der Waals surface area contributed by atoms with Crippen LogP contribution in [0.15, 0.2) is 65.6 Å². The number of nitrogens with two attached hydrogens (primary N) is 2. The fourth-order valence-corrected chi connectivity index (χ4v) is 3.96. The van der Waals surface area contributed by atoms with Crippen molar-refractivity contribution >= 4 is 38.9 Å². The summed E-state index contributed by atoms with van der Waals surface area (Å²) in [5, 5.41) is 18.9. The first-order valence-corrected chi connectivity index (χ1v) is 11.1. The summed E-state index contributed by atoms with van der Waals surface area (Å²) < 4.78 is 39.6. The molecule has 33 heavy (non-hydrogen) atoms. The van der Waals surface area contributed by atoms with Gasteiger partial charge in [-0.15, -0.1) is 5.10 Å². The lowest BCUT2D eigenvalue weighted by atomic mass is 10.0. The van der Waals surface area contributed by atoms with Gasteiger partial charge in [0, 0.05) is 5.56 Å². The molecular weight excluding hydrogens is 473 g/mol. The van der Waals surface area contributed by atoms with Gasteiger partial charge in [0.25, 0.3) is 5.91 Å². The second-order valence-electron chi connectivity index (χ2n) is 6.81. The molecule has 3 aromatic carbocycles. The number of carbonyl (C=O) groups is 1. The van der Waals surface area contributed by atoms with Crippen LogP contribution in [-0.2, 0) is 10.0 Å². The highest BCUT2D eigenvalue weighted by Gasteiger charge is 2.20. The van der Waals surface area contributed by atoms with Crippen LogP contribution < -0.4 is 16.2 Å². The van der Waals surface area contributed by atoms with Gasteiger partial charge in [0.2, 0.25) is 15.8 Å². The predicted molar refractivity (Wildman–Crippen MR) is 120 cm³/mol. The number of hydrogen-bond donors (Lipinski definition) is 3. The molecule has 0 fully saturated rings. The maximum atomic E-state index is 14.8. The number of nitrogens with zero attached hydrogens (tertiary/aromatic N) is 4. The van der Waals surface area contributed by atoms with Crippen LogP contribution in [0, 0.1) is 5.82 Å². The van der Waals surface area contributed by atoms with Gasteiger partial charge in [-0.05, 0) is 52.4 Å². The van der Waals surface area contributed by atoms with Gasteiger partial charge in [0.1, 0.15) is 5.82 Å². The van der Waals surface area contributed by atoms with Crippen molar-refractivity contribution in [2.24, 2.45) is 5.14 Å². The lowest BCUT2D eigenvalue weighted by Crippen LogP contribution is -2.19. The molecular formula is C20H15ClFN7O3S. The van der Waals surface area contributed by atoms with Crippen LogP contribution in [0.25, 0.3) is 16.8 Å². The van der Waals surface area contributed by atoms with Gasteiger partial charge in [-0.25, -0.2) is 17.9 Å². The van der Waals surface area contributed by atoms with Crippen molar-refractivity contribution < 1.29 is 17.6 Å². The van der Waals surface area contributed by atoms with E-state index in [4.69, 9.17) is 22.5 Å². The number of hydrogen-bond acceptors (Lipinski definition) is 7. The first-order valence-electron chi connectivity index (χ1n) is 9.22. The third-order valence-corrected chi connectivity index (χ3v) is 5.93. The molecule has 0 saturated heterocycles. The smallest absolute Gasteiger partial charge is 0.295 e. The van der Waals surface area contributed by atoms with E-state index in [1.54, 1.807) is 12.1 Å². The fourth-order valence-electron chi connectivity index (χ4n) is 3.08. The minimum atomic E-state index is -4.02. The third-order valence-electron chi connectivity index (χ3n) is 4.62. The predicted octanol–water partition coefficient (Wildman–Crippen LogP) is 2.60. The summed E-state index contributed by atoms with van der Waals surface area (Å²) >= 11 is 5.91. The molecule has 1 heterocycles. The monoisotopic (exact) mass is 487 g/mol. The minimum absolute atomic E-state index is 0.150. The lowest BCUT2D eigenvalue weighted by molar-refractivity contribution is 0.101. The van der Waals surface area contributed by atoms with Crippen LogP contribution in [0.5, 0.6) is 0 Å². The maximum absolute atomic E-state index is 14.8. The summed E-state index contributed by atoms with van der Waals surface area (Å²) in [4.78, 5) is 12.6. The molecule has 0 spiro atoms. The highest BCUT2D eigenvalue weighted by Crippen LogP contribution is 2.29. The molecule has 0 aliphatic carbocycles. The van der Waals surface area contributed by atoms with Crippen molar-refractivity contribution in [3.8, 4) is 16.8 Å². The molecule has 168 valence electrons. The van der Waals surface area contributed by atoms with E-state index in [1.165, 1.54) is 42.5 Å². The van der Waals surface area contributed by atoms with Gasteiger partial charge in [0.15, 0.2) is 0 Å². The average Bonchev–Trinajstić information content (AvgIpc) is 3.26. The first kappa shape index (κ1) is 22.3. The van der Waals surface area contributed by atoms with Gasteiger partial charge in [-0.2, -0.15) is 4.68 Å². The van der Waals surface area contributed by atoms with E-state index in [9.17, 15) is 17.6 Å². The molecule has 0 unspecified atom stereocenters. The Morgan fingerprint density at radius 2 is 1.85 bits per heavy atom. The molecule has 5 N–H and O–H groups in total. The molecule has 0 aliphatic heterocycles. The molecule has 13 heteroatoms. The van der Waals surface area contributed by atoms with Crippen LogP contribution in [-0.4, -0.2) is 34.5 Å². The summed E-state index contributed by atoms with van der Waals surface area (Å²) in [7, 11) is -4.02. The summed E-state index contributed by atoms with van der Waals surface area (Å²) in [5.74, 6) is -1.82. The molecule has 4 aromatic rings. The van der Waals surface area contributed by atoms with Crippen LogP contribution in [0.1, 0.15) is 10.6 Å². The lowest BCUT2D eigenvalue weighted by Gasteiger charge is -2.11. The molecule has 0 atom stereocenters. The number of primary sulfonamides is 1. The minimum Gasteiger partial charge on any atom is -0.397 e. The van der Waals surface area contributed by atoms with Gasteiger partial charge in [-0.1, -0.05) is 35.9 Å². The molecule has 0 saturated carbocycles. The van der Waals surface area contributed by atoms with Crippen LogP contribution in [0.2, 0.25) is 5.02 Å². The number of nitrogen functional groups attached to an aromatic ring is 1. The van der Waals surface area contributed by atoms with Gasteiger partial charge in [-0.3, -0.25) is 4.79 Å². The van der Waals surface area contributed by atoms with Crippen LogP contribution in [0.3, 0.4) is 0 Å². The van der Waals surface area contributed by atoms with Crippen molar-refractivity contribution in [3.63, 3.8) is 0 Å². The largest absolute Gasteiger partial charge is 0.397 e. The van der Waals surface area contributed by atoms with Crippen LogP contribution >= 0.6 is 11.6 Å². The number of tetrazole rings is 1. The first-order chi connectivity index (χ1) is 15.6. The number of benzene rings is 3. The zero-order chi connectivity index (χ0) is 23.8. The summed E-state index contributed by atoms with van der Waals surface area (Å²) in [6.45, 7) is 0. The van der Waals surface area contributed by atoms with E-state index in [-0.39, 0.29) is 33.2 Å². The SMILES string of the molecule is Nc1cc(-n2nnnc2C(=O)Nc2ccc(-c3ccccc3S(N)(=O)=O)cc2F)ccc1Cl. The molecule has 4 rings (SSSR count). The summed E-state index contributed by atoms with van der Waals surface area (Å²) in [6.07, 6.45) is 0. The van der Waals surface area contributed by atoms with Crippen molar-refractivity contribution in [1.82, 2.24) is 20.2 Å². The van der Waals surface area contributed by atoms with E-state index < -0.39 is 21.7 Å². The van der Waals surface area contributed by atoms with E-state index in [1.807, 2.05) is 0 Å². The van der Waals surface area contributed by atoms with Gasteiger partial charge >= 0.3 is 0 Å². The molecule has 0 aliphatic rings. The molecule has 1 aromatic heterocycles. The number of carbonyl (C=O) groups excluding carboxylic acids is 1. The second-order valence-corrected chi connectivity index (χ2v) is 8.75. The quantitative estimate of drug-likeness (QED) is 0.365. The summed E-state index contributed by atoms with van der Waals surface area (Å²) in [5.41, 5.74) is 6.74. The maximum Gasteiger partial charge on any atom is 0.295 e. The zero-order valence-electron chi connectivity index (χ0n) is 16.6. The third kappa shape index (κ3) is 4.53. The number of amides is 1. The number of anilines is 2. The Labute approximate surface area is 192 Å². The van der Waals surface area contributed by atoms with Crippen molar-refractivity contribution in [3.05, 3.63) is 77.3 Å². The summed E-state index contributed by atoms with van der Waals surface area (Å²) in [6, 6.07) is 14.3. The van der Waals surface area contributed by atoms with Crippen molar-refractivity contribution in [1.29, 1.82) is 0 Å². The number of nitrogens with one attached hydrogen (secondary N) is 1. The number of sulfonamides is 1. The standard InChI is InChI=1S/C20H15ClFN7O3S/c21-14-7-6-12(10-16(14)23)29-19(26-27-28-29)20(30)25-17-8-5-11(9-15(17)22)13-3-1-2-4-18(13)33(24,31)32/h1-10H,23H2,(H,25,30)(H2,24,31,32). The van der Waals surface area contributed by atoms with E-state index in [2.05, 4.69) is 20.8 Å². The Balaban J connectivity index is 1.63. The van der Waals surface area contributed by atoms with E-state index in [0.717, 1.165) is 10.7 Å². The van der Waals surface area contributed by atoms with Crippen molar-refractivity contribution in [2.45, 2.75) is 4.90 Å². The van der Waals surface area contributed by atoms with Crippen LogP contribution in [0.4, 0.5) is 15.8 Å². The fraction of sp³-hybridized carbons (Fsp3) is 0. The molecule has 1 amide bonds. The van der Waals surface area contributed by atoms with E-state index in [0.29, 0.717) is 10.7 Å². The van der Waals surface area contributed by atoms with Gasteiger partial charge in [0.05, 0.1) is 27.0 Å². The molecule has 0 bridgehead atoms. The Kier molecular flexibility index (Phi) is 5.80. The normalized spacial score (nSPS) is 11.4.